The molecule has 138 valence electrons. The Bertz CT molecular complexity index is 569. The molecule has 2 aliphatic heterocycles. The monoisotopic (exact) mass is 346 g/mol. The van der Waals surface area contributed by atoms with Gasteiger partial charge >= 0.3 is 0 Å². The van der Waals surface area contributed by atoms with Crippen LogP contribution in [-0.4, -0.2) is 69.3 Å². The predicted octanol–water partition coefficient (Wildman–Crippen LogP) is 1.72. The lowest BCUT2D eigenvalue weighted by atomic mass is 9.85. The zero-order valence-corrected chi connectivity index (χ0v) is 15.4. The lowest BCUT2D eigenvalue weighted by molar-refractivity contribution is 0.0671. The summed E-state index contributed by atoms with van der Waals surface area (Å²) in [7, 11) is 3.91. The summed E-state index contributed by atoms with van der Waals surface area (Å²) in [5.41, 5.74) is 7.54. The number of hydrogen-bond acceptors (Lipinski definition) is 4. The summed E-state index contributed by atoms with van der Waals surface area (Å²) in [6.45, 7) is 5.03. The molecular formula is C19H30N4O2. The molecular weight excluding hydrogens is 316 g/mol. The first-order valence-electron chi connectivity index (χ1n) is 9.16. The van der Waals surface area contributed by atoms with E-state index in [0.29, 0.717) is 17.9 Å². The molecule has 0 bridgehead atoms. The maximum atomic E-state index is 6.21. The van der Waals surface area contributed by atoms with Crippen molar-refractivity contribution in [1.29, 1.82) is 0 Å². The highest BCUT2D eigenvalue weighted by atomic mass is 16.5. The predicted molar refractivity (Wildman–Crippen MR) is 100.0 cm³/mol. The highest BCUT2D eigenvalue weighted by Gasteiger charge is 2.30. The topological polar surface area (TPSA) is 63.3 Å². The van der Waals surface area contributed by atoms with Gasteiger partial charge in [0.1, 0.15) is 5.75 Å². The Balaban J connectivity index is 1.70. The van der Waals surface area contributed by atoms with E-state index in [1.807, 2.05) is 12.1 Å². The Morgan fingerprint density at radius 1 is 1.24 bits per heavy atom. The van der Waals surface area contributed by atoms with Crippen LogP contribution in [0, 0.1) is 5.92 Å². The maximum absolute atomic E-state index is 6.21. The Kier molecular flexibility index (Phi) is 6.15. The molecule has 2 saturated heterocycles. The molecule has 1 aromatic carbocycles. The van der Waals surface area contributed by atoms with Crippen molar-refractivity contribution in [1.82, 2.24) is 9.80 Å². The summed E-state index contributed by atoms with van der Waals surface area (Å²) < 4.78 is 10.7. The number of piperidine rings is 1. The Morgan fingerprint density at radius 3 is 2.64 bits per heavy atom. The normalized spacial score (nSPS) is 25.8. The summed E-state index contributed by atoms with van der Waals surface area (Å²) in [5.74, 6) is 2.03. The first kappa shape index (κ1) is 18.0. The van der Waals surface area contributed by atoms with Crippen LogP contribution in [0.25, 0.3) is 0 Å². The first-order valence-corrected chi connectivity index (χ1v) is 9.16. The standard InChI is InChI=1S/C19H30N4O2/c1-22-9-3-4-16(14-21-19(20)23-10-12-25-13-11-23)18(22)15-5-7-17(24-2)8-6-15/h5-8,16,18H,3-4,9-14H2,1-2H3,(H2,20,21). The first-order chi connectivity index (χ1) is 12.2. The molecule has 0 amide bonds. The van der Waals surface area contributed by atoms with Gasteiger partial charge in [-0.2, -0.15) is 0 Å². The van der Waals surface area contributed by atoms with E-state index in [1.165, 1.54) is 18.4 Å². The highest BCUT2D eigenvalue weighted by molar-refractivity contribution is 5.78. The molecule has 25 heavy (non-hydrogen) atoms. The summed E-state index contributed by atoms with van der Waals surface area (Å²) in [6.07, 6.45) is 2.39. The SMILES string of the molecule is COc1ccc(C2C(CN=C(N)N3CCOCC3)CCCN2C)cc1. The fourth-order valence-electron chi connectivity index (χ4n) is 3.88. The molecule has 2 atom stereocenters. The summed E-state index contributed by atoms with van der Waals surface area (Å²) in [6, 6.07) is 8.81. The smallest absolute Gasteiger partial charge is 0.191 e. The van der Waals surface area contributed by atoms with Crippen LogP contribution in [0.3, 0.4) is 0 Å². The molecule has 2 N–H and O–H groups in total. The molecule has 0 aliphatic carbocycles. The maximum Gasteiger partial charge on any atom is 0.191 e. The van der Waals surface area contributed by atoms with E-state index in [2.05, 4.69) is 29.0 Å². The van der Waals surface area contributed by atoms with Crippen molar-refractivity contribution in [3.63, 3.8) is 0 Å². The Morgan fingerprint density at radius 2 is 1.96 bits per heavy atom. The Hall–Kier alpha value is -1.79. The lowest BCUT2D eigenvalue weighted by Gasteiger charge is -2.39. The van der Waals surface area contributed by atoms with Gasteiger partial charge in [-0.05, 0) is 50.0 Å². The van der Waals surface area contributed by atoms with E-state index in [9.17, 15) is 0 Å². The molecule has 0 aromatic heterocycles. The zero-order chi connectivity index (χ0) is 17.6. The average molecular weight is 346 g/mol. The van der Waals surface area contributed by atoms with Crippen LogP contribution in [0.2, 0.25) is 0 Å². The number of rotatable bonds is 4. The minimum atomic E-state index is 0.376. The summed E-state index contributed by atoms with van der Waals surface area (Å²) in [4.78, 5) is 9.29. The van der Waals surface area contributed by atoms with Crippen molar-refractivity contribution < 1.29 is 9.47 Å². The molecule has 2 fully saturated rings. The number of benzene rings is 1. The van der Waals surface area contributed by atoms with Crippen LogP contribution in [0.4, 0.5) is 0 Å². The molecule has 6 nitrogen and oxygen atoms in total. The van der Waals surface area contributed by atoms with Crippen LogP contribution < -0.4 is 10.5 Å². The molecule has 0 spiro atoms. The fourth-order valence-corrected chi connectivity index (χ4v) is 3.88. The number of likely N-dealkylation sites (tertiary alicyclic amines) is 1. The van der Waals surface area contributed by atoms with E-state index < -0.39 is 0 Å². The van der Waals surface area contributed by atoms with Gasteiger partial charge < -0.3 is 20.1 Å². The van der Waals surface area contributed by atoms with Gasteiger partial charge in [-0.3, -0.25) is 9.89 Å². The summed E-state index contributed by atoms with van der Waals surface area (Å²) in [5, 5.41) is 0. The van der Waals surface area contributed by atoms with E-state index in [-0.39, 0.29) is 0 Å². The Labute approximate surface area is 150 Å². The van der Waals surface area contributed by atoms with Gasteiger partial charge in [0.05, 0.1) is 20.3 Å². The third-order valence-corrected chi connectivity index (χ3v) is 5.29. The van der Waals surface area contributed by atoms with E-state index in [4.69, 9.17) is 20.2 Å². The van der Waals surface area contributed by atoms with Gasteiger partial charge in [0.25, 0.3) is 0 Å². The second kappa shape index (κ2) is 8.54. The van der Waals surface area contributed by atoms with Gasteiger partial charge in [-0.25, -0.2) is 0 Å². The van der Waals surface area contributed by atoms with Gasteiger partial charge in [-0.1, -0.05) is 12.1 Å². The molecule has 0 radical (unpaired) electrons. The third kappa shape index (κ3) is 4.44. The van der Waals surface area contributed by atoms with Gasteiger partial charge in [0.15, 0.2) is 5.96 Å². The molecule has 1 aromatic rings. The van der Waals surface area contributed by atoms with Crippen LogP contribution in [-0.2, 0) is 4.74 Å². The van der Waals surface area contributed by atoms with E-state index in [0.717, 1.165) is 45.1 Å². The second-order valence-electron chi connectivity index (χ2n) is 6.90. The lowest BCUT2D eigenvalue weighted by Crippen LogP contribution is -2.45. The average Bonchev–Trinajstić information content (AvgIpc) is 2.67. The van der Waals surface area contributed by atoms with Crippen LogP contribution >= 0.6 is 0 Å². The van der Waals surface area contributed by atoms with Crippen molar-refractivity contribution in [2.45, 2.75) is 18.9 Å². The van der Waals surface area contributed by atoms with Crippen molar-refractivity contribution in [2.75, 3.05) is 53.6 Å². The molecule has 0 saturated carbocycles. The van der Waals surface area contributed by atoms with Crippen LogP contribution in [0.15, 0.2) is 29.3 Å². The van der Waals surface area contributed by atoms with Crippen molar-refractivity contribution in [3.05, 3.63) is 29.8 Å². The number of hydrogen-bond donors (Lipinski definition) is 1. The van der Waals surface area contributed by atoms with Crippen molar-refractivity contribution >= 4 is 5.96 Å². The number of ether oxygens (including phenoxy) is 2. The number of aliphatic imine (C=N–C) groups is 1. The molecule has 2 unspecified atom stereocenters. The van der Waals surface area contributed by atoms with Gasteiger partial charge in [0.2, 0.25) is 0 Å². The van der Waals surface area contributed by atoms with Gasteiger partial charge in [-0.15, -0.1) is 0 Å². The van der Waals surface area contributed by atoms with Crippen molar-refractivity contribution in [2.24, 2.45) is 16.6 Å². The second-order valence-corrected chi connectivity index (χ2v) is 6.90. The van der Waals surface area contributed by atoms with Crippen LogP contribution in [0.5, 0.6) is 5.75 Å². The van der Waals surface area contributed by atoms with Crippen molar-refractivity contribution in [3.8, 4) is 5.75 Å². The molecule has 2 aliphatic rings. The molecule has 3 rings (SSSR count). The number of methoxy groups -OCH3 is 1. The largest absolute Gasteiger partial charge is 0.497 e. The minimum Gasteiger partial charge on any atom is -0.497 e. The zero-order valence-electron chi connectivity index (χ0n) is 15.4. The summed E-state index contributed by atoms with van der Waals surface area (Å²) >= 11 is 0. The minimum absolute atomic E-state index is 0.376. The van der Waals surface area contributed by atoms with E-state index >= 15 is 0 Å². The quantitative estimate of drug-likeness (QED) is 0.664. The number of nitrogens with two attached hydrogens (primary N) is 1. The van der Waals surface area contributed by atoms with Gasteiger partial charge in [0, 0.05) is 25.7 Å². The van der Waals surface area contributed by atoms with E-state index in [1.54, 1.807) is 7.11 Å². The third-order valence-electron chi connectivity index (χ3n) is 5.29. The number of guanidine groups is 1. The molecule has 2 heterocycles. The molecule has 6 heteroatoms. The van der Waals surface area contributed by atoms with Crippen LogP contribution in [0.1, 0.15) is 24.4 Å². The number of nitrogens with zero attached hydrogens (tertiary/aromatic N) is 3. The number of morpholine rings is 1. The fraction of sp³-hybridized carbons (Fsp3) is 0.632. The highest BCUT2D eigenvalue weighted by Crippen LogP contribution is 2.35.